The molecule has 0 spiro atoms. The van der Waals surface area contributed by atoms with Gasteiger partial charge in [0.1, 0.15) is 0 Å². The van der Waals surface area contributed by atoms with Crippen molar-refractivity contribution < 1.29 is 8.42 Å². The zero-order valence-corrected chi connectivity index (χ0v) is 14.1. The van der Waals surface area contributed by atoms with E-state index in [1.54, 1.807) is 26.1 Å². The Morgan fingerprint density at radius 2 is 1.95 bits per heavy atom. The molecule has 0 saturated carbocycles. The van der Waals surface area contributed by atoms with E-state index in [1.807, 2.05) is 12.1 Å². The normalized spacial score (nSPS) is 12.0. The summed E-state index contributed by atoms with van der Waals surface area (Å²) in [4.78, 5) is 0. The number of aryl methyl sites for hydroxylation is 1. The molecule has 2 N–H and O–H groups in total. The number of nitrogen functional groups attached to an aromatic ring is 1. The fourth-order valence-electron chi connectivity index (χ4n) is 1.91. The lowest BCUT2D eigenvalue weighted by Crippen LogP contribution is -2.32. The largest absolute Gasteiger partial charge is 0.399 e. The zero-order valence-electron chi connectivity index (χ0n) is 11.7. The quantitative estimate of drug-likeness (QED) is 0.798. The van der Waals surface area contributed by atoms with Gasteiger partial charge in [-0.1, -0.05) is 24.3 Å². The third-order valence-electron chi connectivity index (χ3n) is 3.01. The summed E-state index contributed by atoms with van der Waals surface area (Å²) in [6, 6.07) is 7.11. The number of nitrogens with zero attached hydrogens (tertiary/aromatic N) is 4. The van der Waals surface area contributed by atoms with Gasteiger partial charge in [0.25, 0.3) is 10.0 Å². The minimum atomic E-state index is -3.68. The topological polar surface area (TPSA) is 94.1 Å². The van der Waals surface area contributed by atoms with Crippen molar-refractivity contribution in [1.82, 2.24) is 19.3 Å². The zero-order chi connectivity index (χ0) is 15.6. The summed E-state index contributed by atoms with van der Waals surface area (Å²) in [5.41, 5.74) is 7.14. The molecule has 0 saturated heterocycles. The van der Waals surface area contributed by atoms with Crippen molar-refractivity contribution in [2.45, 2.75) is 18.5 Å². The minimum Gasteiger partial charge on any atom is -0.399 e. The van der Waals surface area contributed by atoms with Crippen LogP contribution >= 0.6 is 15.9 Å². The fourth-order valence-corrected chi connectivity index (χ4v) is 4.38. The van der Waals surface area contributed by atoms with E-state index < -0.39 is 10.0 Å². The number of nitrogens with two attached hydrogens (primary N) is 1. The number of anilines is 1. The van der Waals surface area contributed by atoms with E-state index in [4.69, 9.17) is 5.73 Å². The van der Waals surface area contributed by atoms with Gasteiger partial charge in [-0.25, -0.2) is 13.1 Å². The van der Waals surface area contributed by atoms with Gasteiger partial charge in [0, 0.05) is 25.8 Å². The van der Waals surface area contributed by atoms with Gasteiger partial charge < -0.3 is 5.73 Å². The van der Waals surface area contributed by atoms with E-state index in [9.17, 15) is 8.42 Å². The van der Waals surface area contributed by atoms with Gasteiger partial charge >= 0.3 is 0 Å². The standard InChI is InChI=1S/C12H16BrN5O2S/c1-3-18(8-9-4-6-10(14)7-5-9)21(19,20)12-11(13)15-16-17(12)2/h4-7H,3,8,14H2,1-2H3. The molecule has 0 amide bonds. The van der Waals surface area contributed by atoms with Crippen molar-refractivity contribution in [3.63, 3.8) is 0 Å². The molecule has 2 rings (SSSR count). The summed E-state index contributed by atoms with van der Waals surface area (Å²) >= 11 is 3.13. The van der Waals surface area contributed by atoms with Crippen molar-refractivity contribution in [3.05, 3.63) is 34.4 Å². The lowest BCUT2D eigenvalue weighted by atomic mass is 10.2. The molecule has 0 radical (unpaired) electrons. The third kappa shape index (κ3) is 3.25. The van der Waals surface area contributed by atoms with Crippen molar-refractivity contribution in [1.29, 1.82) is 0 Å². The van der Waals surface area contributed by atoms with Crippen molar-refractivity contribution in [2.75, 3.05) is 12.3 Å². The first-order chi connectivity index (χ1) is 9.86. The molecule has 0 aliphatic heterocycles. The number of sulfonamides is 1. The van der Waals surface area contributed by atoms with Crippen LogP contribution in [0.5, 0.6) is 0 Å². The molecule has 0 unspecified atom stereocenters. The van der Waals surface area contributed by atoms with Gasteiger partial charge in [-0.05, 0) is 33.6 Å². The summed E-state index contributed by atoms with van der Waals surface area (Å²) in [5, 5.41) is 7.48. The number of hydrogen-bond acceptors (Lipinski definition) is 5. The maximum Gasteiger partial charge on any atom is 0.263 e. The van der Waals surface area contributed by atoms with Crippen molar-refractivity contribution in [3.8, 4) is 0 Å². The van der Waals surface area contributed by atoms with Crippen LogP contribution in [-0.2, 0) is 23.6 Å². The summed E-state index contributed by atoms with van der Waals surface area (Å²) in [5.74, 6) is 0. The Balaban J connectivity index is 2.34. The molecule has 0 fully saturated rings. The first-order valence-corrected chi connectivity index (χ1v) is 8.49. The molecule has 1 aromatic heterocycles. The van der Waals surface area contributed by atoms with Crippen LogP contribution in [0.4, 0.5) is 5.69 Å². The molecule has 1 heterocycles. The van der Waals surface area contributed by atoms with Gasteiger partial charge in [-0.15, -0.1) is 5.10 Å². The molecule has 1 aromatic carbocycles. The lowest BCUT2D eigenvalue weighted by molar-refractivity contribution is 0.416. The van der Waals surface area contributed by atoms with Gasteiger partial charge in [0.2, 0.25) is 5.03 Å². The predicted molar refractivity (Wildman–Crippen MR) is 82.8 cm³/mol. The molecule has 114 valence electrons. The second-order valence-corrected chi connectivity index (χ2v) is 7.09. The molecular formula is C12H16BrN5O2S. The first-order valence-electron chi connectivity index (χ1n) is 6.26. The van der Waals surface area contributed by atoms with E-state index in [2.05, 4.69) is 26.2 Å². The second kappa shape index (κ2) is 6.12. The molecule has 2 aromatic rings. The molecule has 7 nitrogen and oxygen atoms in total. The Labute approximate surface area is 131 Å². The molecule has 0 bridgehead atoms. The average molecular weight is 374 g/mol. The van der Waals surface area contributed by atoms with Gasteiger partial charge in [0.15, 0.2) is 4.60 Å². The Kier molecular flexibility index (Phi) is 4.64. The van der Waals surface area contributed by atoms with Crippen LogP contribution in [0.1, 0.15) is 12.5 Å². The van der Waals surface area contributed by atoms with Crippen LogP contribution in [-0.4, -0.2) is 34.3 Å². The highest BCUT2D eigenvalue weighted by Crippen LogP contribution is 2.23. The second-order valence-electron chi connectivity index (χ2n) is 4.48. The summed E-state index contributed by atoms with van der Waals surface area (Å²) in [6.45, 7) is 2.38. The monoisotopic (exact) mass is 373 g/mol. The fraction of sp³-hybridized carbons (Fsp3) is 0.333. The lowest BCUT2D eigenvalue weighted by Gasteiger charge is -2.20. The third-order valence-corrected chi connectivity index (χ3v) is 5.82. The maximum absolute atomic E-state index is 12.7. The van der Waals surface area contributed by atoms with Crippen molar-refractivity contribution >= 4 is 31.6 Å². The number of hydrogen-bond donors (Lipinski definition) is 1. The van der Waals surface area contributed by atoms with Crippen LogP contribution in [0, 0.1) is 0 Å². The molecule has 0 atom stereocenters. The van der Waals surface area contributed by atoms with Crippen molar-refractivity contribution in [2.24, 2.45) is 7.05 Å². The van der Waals surface area contributed by atoms with Crippen LogP contribution in [0.3, 0.4) is 0 Å². The van der Waals surface area contributed by atoms with Crippen LogP contribution in [0.25, 0.3) is 0 Å². The summed E-state index contributed by atoms with van der Waals surface area (Å²) < 4.78 is 28.2. The SMILES string of the molecule is CCN(Cc1ccc(N)cc1)S(=O)(=O)c1c(Br)nnn1C. The van der Waals surface area contributed by atoms with E-state index in [1.165, 1.54) is 8.99 Å². The molecule has 9 heteroatoms. The Bertz CT molecular complexity index is 707. The van der Waals surface area contributed by atoms with Crippen LogP contribution in [0.2, 0.25) is 0 Å². The summed E-state index contributed by atoms with van der Waals surface area (Å²) in [7, 11) is -2.14. The molecule has 21 heavy (non-hydrogen) atoms. The highest BCUT2D eigenvalue weighted by atomic mass is 79.9. The number of rotatable bonds is 5. The highest BCUT2D eigenvalue weighted by Gasteiger charge is 2.30. The number of benzene rings is 1. The van der Waals surface area contributed by atoms with E-state index in [0.717, 1.165) is 5.56 Å². The Morgan fingerprint density at radius 3 is 2.43 bits per heavy atom. The van der Waals surface area contributed by atoms with Gasteiger partial charge in [0.05, 0.1) is 0 Å². The van der Waals surface area contributed by atoms with Crippen LogP contribution < -0.4 is 5.73 Å². The van der Waals surface area contributed by atoms with Gasteiger partial charge in [-0.2, -0.15) is 4.31 Å². The highest BCUT2D eigenvalue weighted by molar-refractivity contribution is 9.10. The summed E-state index contributed by atoms with van der Waals surface area (Å²) in [6.07, 6.45) is 0. The molecule has 0 aliphatic rings. The maximum atomic E-state index is 12.7. The van der Waals surface area contributed by atoms with Crippen LogP contribution in [0.15, 0.2) is 33.9 Å². The predicted octanol–water partition coefficient (Wildman–Crippen LogP) is 1.37. The molecule has 0 aliphatic carbocycles. The number of aromatic nitrogens is 3. The first kappa shape index (κ1) is 15.9. The van der Waals surface area contributed by atoms with E-state index in [0.29, 0.717) is 12.2 Å². The average Bonchev–Trinajstić information content (AvgIpc) is 2.77. The van der Waals surface area contributed by atoms with E-state index in [-0.39, 0.29) is 16.2 Å². The Hall–Kier alpha value is -1.45. The molecular weight excluding hydrogens is 358 g/mol. The smallest absolute Gasteiger partial charge is 0.263 e. The Morgan fingerprint density at radius 1 is 1.33 bits per heavy atom. The number of halogens is 1. The van der Waals surface area contributed by atoms with Gasteiger partial charge in [-0.3, -0.25) is 0 Å². The minimum absolute atomic E-state index is 0.0415. The van der Waals surface area contributed by atoms with E-state index >= 15 is 0 Å².